The molecule has 2 aliphatic carbocycles. The fourth-order valence-corrected chi connectivity index (χ4v) is 4.82. The van der Waals surface area contributed by atoms with Crippen molar-refractivity contribution in [3.8, 4) is 0 Å². The molecule has 0 bridgehead atoms. The van der Waals surface area contributed by atoms with E-state index in [1.54, 1.807) is 0 Å². The summed E-state index contributed by atoms with van der Waals surface area (Å²) in [5.74, 6) is -2.48. The smallest absolute Gasteiger partial charge is 0.379 e. The first-order valence-corrected chi connectivity index (χ1v) is 11.1. The standard InChI is InChI=1S/C24H32F4O2/c1-3-5-16-6-10-19(11-7-16)30-24(27,28)21-15-14-20(22(25)23(21)26)17-8-12-18(13-9-17)29-4-2/h3,5,14-19H,4,6-13H2,1-2H3. The first kappa shape index (κ1) is 23.3. The Labute approximate surface area is 176 Å². The second-order valence-electron chi connectivity index (χ2n) is 8.46. The summed E-state index contributed by atoms with van der Waals surface area (Å²) in [5, 5.41) is 0. The Bertz CT molecular complexity index is 718. The zero-order valence-electron chi connectivity index (χ0n) is 17.8. The topological polar surface area (TPSA) is 18.5 Å². The van der Waals surface area contributed by atoms with E-state index in [4.69, 9.17) is 9.47 Å². The third-order valence-corrected chi connectivity index (χ3v) is 6.44. The molecule has 0 aromatic heterocycles. The van der Waals surface area contributed by atoms with Gasteiger partial charge in [0.1, 0.15) is 0 Å². The van der Waals surface area contributed by atoms with Crippen molar-refractivity contribution >= 4 is 0 Å². The molecule has 1 aromatic carbocycles. The zero-order valence-corrected chi connectivity index (χ0v) is 17.8. The monoisotopic (exact) mass is 428 g/mol. The van der Waals surface area contributed by atoms with Gasteiger partial charge in [-0.05, 0) is 88.7 Å². The van der Waals surface area contributed by atoms with Gasteiger partial charge in [0.15, 0.2) is 11.6 Å². The highest BCUT2D eigenvalue weighted by atomic mass is 19.3. The van der Waals surface area contributed by atoms with Gasteiger partial charge in [-0.1, -0.05) is 18.2 Å². The number of alkyl halides is 2. The molecule has 0 atom stereocenters. The Morgan fingerprint density at radius 2 is 1.57 bits per heavy atom. The summed E-state index contributed by atoms with van der Waals surface area (Å²) < 4.78 is 69.3. The van der Waals surface area contributed by atoms with Crippen molar-refractivity contribution in [3.63, 3.8) is 0 Å². The lowest BCUT2D eigenvalue weighted by molar-refractivity contribution is -0.279. The third kappa shape index (κ3) is 5.44. The maximum absolute atomic E-state index is 14.7. The Morgan fingerprint density at radius 3 is 2.17 bits per heavy atom. The normalized spacial score (nSPS) is 28.2. The number of hydrogen-bond donors (Lipinski definition) is 0. The highest BCUT2D eigenvalue weighted by Gasteiger charge is 2.41. The molecule has 0 aliphatic heterocycles. The SMILES string of the molecule is CC=CC1CCC(OC(F)(F)c2ccc(C3CCC(OCC)CC3)c(F)c2F)CC1. The Morgan fingerprint density at radius 1 is 0.933 bits per heavy atom. The second kappa shape index (κ2) is 10.3. The molecule has 168 valence electrons. The minimum Gasteiger partial charge on any atom is -0.379 e. The number of halogens is 4. The average Bonchev–Trinajstić information content (AvgIpc) is 2.72. The molecule has 0 spiro atoms. The van der Waals surface area contributed by atoms with Gasteiger partial charge >= 0.3 is 6.11 Å². The average molecular weight is 429 g/mol. The Hall–Kier alpha value is -1.40. The van der Waals surface area contributed by atoms with Gasteiger partial charge in [-0.25, -0.2) is 8.78 Å². The second-order valence-corrected chi connectivity index (χ2v) is 8.46. The van der Waals surface area contributed by atoms with Crippen LogP contribution >= 0.6 is 0 Å². The Kier molecular flexibility index (Phi) is 7.97. The lowest BCUT2D eigenvalue weighted by Crippen LogP contribution is -2.30. The minimum atomic E-state index is -3.85. The van der Waals surface area contributed by atoms with Crippen molar-refractivity contribution in [1.29, 1.82) is 0 Å². The van der Waals surface area contributed by atoms with Gasteiger partial charge in [0.05, 0.1) is 17.8 Å². The summed E-state index contributed by atoms with van der Waals surface area (Å²) in [5.41, 5.74) is -0.837. The highest BCUT2D eigenvalue weighted by Crippen LogP contribution is 2.41. The van der Waals surface area contributed by atoms with E-state index in [-0.39, 0.29) is 17.6 Å². The number of rotatable bonds is 7. The molecule has 0 unspecified atom stereocenters. The highest BCUT2D eigenvalue weighted by molar-refractivity contribution is 5.31. The van der Waals surface area contributed by atoms with Crippen molar-refractivity contribution < 1.29 is 27.0 Å². The lowest BCUT2D eigenvalue weighted by atomic mass is 9.82. The fraction of sp³-hybridized carbons (Fsp3) is 0.667. The van der Waals surface area contributed by atoms with Crippen molar-refractivity contribution in [2.45, 2.75) is 89.4 Å². The summed E-state index contributed by atoms with van der Waals surface area (Å²) in [4.78, 5) is 0. The minimum absolute atomic E-state index is 0.138. The van der Waals surface area contributed by atoms with Crippen molar-refractivity contribution in [1.82, 2.24) is 0 Å². The lowest BCUT2D eigenvalue weighted by Gasteiger charge is -2.31. The van der Waals surface area contributed by atoms with Crippen LogP contribution in [0.5, 0.6) is 0 Å². The predicted molar refractivity (Wildman–Crippen MR) is 109 cm³/mol. The molecule has 0 N–H and O–H groups in total. The van der Waals surface area contributed by atoms with E-state index < -0.39 is 29.4 Å². The molecule has 2 aliphatic rings. The van der Waals surface area contributed by atoms with Crippen molar-refractivity contribution in [3.05, 3.63) is 47.0 Å². The molecular formula is C24H32F4O2. The molecule has 1 aromatic rings. The number of hydrogen-bond acceptors (Lipinski definition) is 2. The molecule has 6 heteroatoms. The summed E-state index contributed by atoms with van der Waals surface area (Å²) in [6, 6.07) is 2.30. The Balaban J connectivity index is 1.67. The zero-order chi connectivity index (χ0) is 21.7. The van der Waals surface area contributed by atoms with E-state index in [9.17, 15) is 17.6 Å². The van der Waals surface area contributed by atoms with Crippen molar-refractivity contribution in [2.24, 2.45) is 5.92 Å². The van der Waals surface area contributed by atoms with Gasteiger partial charge in [0, 0.05) is 6.61 Å². The first-order chi connectivity index (χ1) is 14.4. The number of allylic oxidation sites excluding steroid dienone is 2. The van der Waals surface area contributed by atoms with Crippen molar-refractivity contribution in [2.75, 3.05) is 6.61 Å². The van der Waals surface area contributed by atoms with E-state index >= 15 is 0 Å². The van der Waals surface area contributed by atoms with Crippen LogP contribution in [0.25, 0.3) is 0 Å². The van der Waals surface area contributed by atoms with Crippen LogP contribution in [-0.4, -0.2) is 18.8 Å². The molecule has 3 rings (SSSR count). The summed E-state index contributed by atoms with van der Waals surface area (Å²) in [6.07, 6.45) is 4.97. The quantitative estimate of drug-likeness (QED) is 0.337. The number of ether oxygens (including phenoxy) is 2. The molecule has 0 amide bonds. The molecule has 30 heavy (non-hydrogen) atoms. The van der Waals surface area contributed by atoms with Crippen LogP contribution in [0.1, 0.15) is 82.3 Å². The third-order valence-electron chi connectivity index (χ3n) is 6.44. The van der Waals surface area contributed by atoms with E-state index in [0.29, 0.717) is 38.2 Å². The molecule has 2 fully saturated rings. The number of benzene rings is 1. The molecule has 2 saturated carbocycles. The van der Waals surface area contributed by atoms with Crippen LogP contribution in [0, 0.1) is 17.6 Å². The maximum atomic E-state index is 14.7. The largest absolute Gasteiger partial charge is 0.386 e. The van der Waals surface area contributed by atoms with E-state index in [1.165, 1.54) is 6.07 Å². The van der Waals surface area contributed by atoms with Gasteiger partial charge in [-0.2, -0.15) is 8.78 Å². The van der Waals surface area contributed by atoms with Crippen LogP contribution in [0.4, 0.5) is 17.6 Å². The van der Waals surface area contributed by atoms with Gasteiger partial charge in [0.2, 0.25) is 0 Å². The van der Waals surface area contributed by atoms with E-state index in [2.05, 4.69) is 6.08 Å². The van der Waals surface area contributed by atoms with Crippen LogP contribution in [0.2, 0.25) is 0 Å². The molecule has 0 saturated heterocycles. The molecule has 0 heterocycles. The van der Waals surface area contributed by atoms with Gasteiger partial charge in [-0.3, -0.25) is 0 Å². The summed E-state index contributed by atoms with van der Waals surface area (Å²) in [6.45, 7) is 4.48. The molecular weight excluding hydrogens is 396 g/mol. The van der Waals surface area contributed by atoms with Crippen LogP contribution in [-0.2, 0) is 15.6 Å². The van der Waals surface area contributed by atoms with Crippen LogP contribution in [0.3, 0.4) is 0 Å². The summed E-state index contributed by atoms with van der Waals surface area (Å²) >= 11 is 0. The van der Waals surface area contributed by atoms with Gasteiger partial charge in [-0.15, -0.1) is 0 Å². The first-order valence-electron chi connectivity index (χ1n) is 11.1. The summed E-state index contributed by atoms with van der Waals surface area (Å²) in [7, 11) is 0. The van der Waals surface area contributed by atoms with Gasteiger partial charge < -0.3 is 9.47 Å². The fourth-order valence-electron chi connectivity index (χ4n) is 4.82. The van der Waals surface area contributed by atoms with Gasteiger partial charge in [0.25, 0.3) is 0 Å². The van der Waals surface area contributed by atoms with Crippen LogP contribution in [0.15, 0.2) is 24.3 Å². The molecule has 2 nitrogen and oxygen atoms in total. The van der Waals surface area contributed by atoms with Crippen LogP contribution < -0.4 is 0 Å². The maximum Gasteiger partial charge on any atom is 0.386 e. The van der Waals surface area contributed by atoms with E-state index in [0.717, 1.165) is 31.7 Å². The molecule has 0 radical (unpaired) electrons. The van der Waals surface area contributed by atoms with E-state index in [1.807, 2.05) is 19.9 Å². The predicted octanol–water partition coefficient (Wildman–Crippen LogP) is 7.23.